The van der Waals surface area contributed by atoms with Gasteiger partial charge in [-0.1, -0.05) is 12.8 Å². The summed E-state index contributed by atoms with van der Waals surface area (Å²) in [6.45, 7) is 0. The minimum absolute atomic E-state index is 0.739. The summed E-state index contributed by atoms with van der Waals surface area (Å²) in [5.41, 5.74) is 3.84. The zero-order valence-corrected chi connectivity index (χ0v) is 8.43. The lowest BCUT2D eigenvalue weighted by Crippen LogP contribution is -2.29. The van der Waals surface area contributed by atoms with E-state index >= 15 is 0 Å². The van der Waals surface area contributed by atoms with Crippen LogP contribution in [-0.4, -0.2) is 19.8 Å². The Morgan fingerprint density at radius 1 is 1.13 bits per heavy atom. The van der Waals surface area contributed by atoms with E-state index in [1.165, 1.54) is 36.8 Å². The summed E-state index contributed by atoms with van der Waals surface area (Å²) >= 11 is 0. The van der Waals surface area contributed by atoms with Crippen molar-refractivity contribution in [1.29, 1.82) is 0 Å². The molecule has 1 fully saturated rings. The Morgan fingerprint density at radius 3 is 2.93 bits per heavy atom. The van der Waals surface area contributed by atoms with Crippen LogP contribution in [0.25, 0.3) is 5.65 Å². The minimum atomic E-state index is 0.739. The fourth-order valence-corrected chi connectivity index (χ4v) is 3.24. The molecule has 0 aromatic carbocycles. The van der Waals surface area contributed by atoms with Crippen molar-refractivity contribution < 1.29 is 0 Å². The van der Waals surface area contributed by atoms with Crippen molar-refractivity contribution in [2.24, 2.45) is 0 Å². The highest BCUT2D eigenvalue weighted by Gasteiger charge is 2.41. The van der Waals surface area contributed by atoms with Crippen LogP contribution in [0.15, 0.2) is 12.5 Å². The standard InChI is InChI=1S/C11H12N4/c1-2-4-8-7(3-1)9-5-13-15-11(10(8)9)12-6-14-15/h5-8H,1-4H2. The van der Waals surface area contributed by atoms with E-state index in [2.05, 4.69) is 15.2 Å². The predicted octanol–water partition coefficient (Wildman–Crippen LogP) is 1.88. The van der Waals surface area contributed by atoms with E-state index in [-0.39, 0.29) is 0 Å². The summed E-state index contributed by atoms with van der Waals surface area (Å²) in [4.78, 5) is 4.31. The van der Waals surface area contributed by atoms with E-state index in [0.717, 1.165) is 17.5 Å². The number of aromatic nitrogens is 4. The van der Waals surface area contributed by atoms with Crippen LogP contribution in [0.2, 0.25) is 0 Å². The van der Waals surface area contributed by atoms with Gasteiger partial charge in [-0.05, 0) is 30.2 Å². The lowest BCUT2D eigenvalue weighted by Gasteiger charge is -2.42. The summed E-state index contributed by atoms with van der Waals surface area (Å²) in [6.07, 6.45) is 8.98. The first-order valence-electron chi connectivity index (χ1n) is 5.64. The van der Waals surface area contributed by atoms with Crippen LogP contribution in [0, 0.1) is 0 Å². The number of rotatable bonds is 0. The zero-order valence-electron chi connectivity index (χ0n) is 8.43. The van der Waals surface area contributed by atoms with Gasteiger partial charge in [0.2, 0.25) is 0 Å². The molecule has 2 aliphatic rings. The third-order valence-corrected chi connectivity index (χ3v) is 3.92. The molecule has 0 spiro atoms. The van der Waals surface area contributed by atoms with Crippen molar-refractivity contribution in [2.75, 3.05) is 0 Å². The Labute approximate surface area is 87.3 Å². The van der Waals surface area contributed by atoms with E-state index in [0.29, 0.717) is 0 Å². The molecular formula is C11H12N4. The molecule has 2 aliphatic carbocycles. The van der Waals surface area contributed by atoms with Gasteiger partial charge in [0, 0.05) is 5.56 Å². The molecule has 2 unspecified atom stereocenters. The molecule has 0 aliphatic heterocycles. The van der Waals surface area contributed by atoms with Crippen LogP contribution < -0.4 is 0 Å². The molecule has 2 atom stereocenters. The molecule has 0 bridgehead atoms. The number of nitrogens with zero attached hydrogens (tertiary/aromatic N) is 4. The molecule has 2 aromatic rings. The summed E-state index contributed by atoms with van der Waals surface area (Å²) < 4.78 is 1.66. The second kappa shape index (κ2) is 2.56. The van der Waals surface area contributed by atoms with Crippen LogP contribution in [0.3, 0.4) is 0 Å². The van der Waals surface area contributed by atoms with E-state index < -0.39 is 0 Å². The molecule has 15 heavy (non-hydrogen) atoms. The molecule has 0 radical (unpaired) electrons. The average molecular weight is 200 g/mol. The lowest BCUT2D eigenvalue weighted by atomic mass is 9.62. The van der Waals surface area contributed by atoms with Gasteiger partial charge in [0.05, 0.1) is 6.20 Å². The maximum atomic E-state index is 4.31. The molecule has 1 saturated carbocycles. The number of hydrogen-bond donors (Lipinski definition) is 0. The van der Waals surface area contributed by atoms with Crippen molar-refractivity contribution in [2.45, 2.75) is 37.5 Å². The monoisotopic (exact) mass is 200 g/mol. The van der Waals surface area contributed by atoms with Crippen molar-refractivity contribution in [3.63, 3.8) is 0 Å². The second-order valence-electron chi connectivity index (χ2n) is 4.58. The molecule has 0 amide bonds. The van der Waals surface area contributed by atoms with Gasteiger partial charge in [-0.25, -0.2) is 4.98 Å². The molecule has 4 heteroatoms. The largest absolute Gasteiger partial charge is 0.213 e. The van der Waals surface area contributed by atoms with Crippen LogP contribution in [0.4, 0.5) is 0 Å². The molecular weight excluding hydrogens is 188 g/mol. The summed E-state index contributed by atoms with van der Waals surface area (Å²) in [5, 5.41) is 8.37. The van der Waals surface area contributed by atoms with Crippen LogP contribution >= 0.6 is 0 Å². The molecule has 0 N–H and O–H groups in total. The van der Waals surface area contributed by atoms with E-state index in [9.17, 15) is 0 Å². The molecule has 4 nitrogen and oxygen atoms in total. The van der Waals surface area contributed by atoms with Gasteiger partial charge in [-0.15, -0.1) is 9.73 Å². The predicted molar refractivity (Wildman–Crippen MR) is 54.7 cm³/mol. The van der Waals surface area contributed by atoms with Gasteiger partial charge < -0.3 is 0 Å². The van der Waals surface area contributed by atoms with Gasteiger partial charge in [-0.3, -0.25) is 0 Å². The zero-order chi connectivity index (χ0) is 9.83. The molecule has 0 saturated heterocycles. The highest BCUT2D eigenvalue weighted by Crippen LogP contribution is 2.55. The summed E-state index contributed by atoms with van der Waals surface area (Å²) in [5.74, 6) is 1.51. The van der Waals surface area contributed by atoms with E-state index in [1.807, 2.05) is 6.20 Å². The first-order valence-corrected chi connectivity index (χ1v) is 5.64. The quantitative estimate of drug-likeness (QED) is 0.652. The van der Waals surface area contributed by atoms with Gasteiger partial charge >= 0.3 is 0 Å². The average Bonchev–Trinajstić information content (AvgIpc) is 2.70. The minimum Gasteiger partial charge on any atom is -0.213 e. The Kier molecular flexibility index (Phi) is 1.33. The van der Waals surface area contributed by atoms with Crippen molar-refractivity contribution in [3.05, 3.63) is 23.7 Å². The molecule has 4 rings (SSSR count). The third-order valence-electron chi connectivity index (χ3n) is 3.92. The van der Waals surface area contributed by atoms with Gasteiger partial charge in [-0.2, -0.15) is 5.10 Å². The van der Waals surface area contributed by atoms with E-state index in [4.69, 9.17) is 0 Å². The highest BCUT2D eigenvalue weighted by atomic mass is 15.4. The fourth-order valence-electron chi connectivity index (χ4n) is 3.24. The van der Waals surface area contributed by atoms with Gasteiger partial charge in [0.1, 0.15) is 6.33 Å². The highest BCUT2D eigenvalue weighted by molar-refractivity contribution is 5.59. The Hall–Kier alpha value is -1.45. The summed E-state index contributed by atoms with van der Waals surface area (Å²) in [6, 6.07) is 0. The maximum Gasteiger partial charge on any atom is 0.179 e. The molecule has 2 heterocycles. The topological polar surface area (TPSA) is 43.1 Å². The first kappa shape index (κ1) is 7.79. The number of hydrogen-bond acceptors (Lipinski definition) is 3. The van der Waals surface area contributed by atoms with Crippen molar-refractivity contribution >= 4 is 5.65 Å². The molecule has 2 aromatic heterocycles. The first-order chi connectivity index (χ1) is 7.45. The maximum absolute atomic E-state index is 4.31. The summed E-state index contributed by atoms with van der Waals surface area (Å²) in [7, 11) is 0. The number of fused-ring (bicyclic) bond motifs is 6. The Morgan fingerprint density at radius 2 is 2.00 bits per heavy atom. The van der Waals surface area contributed by atoms with Crippen LogP contribution in [0.5, 0.6) is 0 Å². The van der Waals surface area contributed by atoms with E-state index in [1.54, 1.807) is 11.0 Å². The second-order valence-corrected chi connectivity index (χ2v) is 4.58. The SMILES string of the molecule is c1nc2c3c(cnn2n1)C1CCCCC31. The van der Waals surface area contributed by atoms with Gasteiger partial charge in [0.15, 0.2) is 5.65 Å². The Balaban J connectivity index is 1.98. The molecule has 76 valence electrons. The van der Waals surface area contributed by atoms with Crippen LogP contribution in [0.1, 0.15) is 48.6 Å². The van der Waals surface area contributed by atoms with Gasteiger partial charge in [0.25, 0.3) is 0 Å². The smallest absolute Gasteiger partial charge is 0.179 e. The lowest BCUT2D eigenvalue weighted by molar-refractivity contribution is 0.340. The third kappa shape index (κ3) is 0.850. The Bertz CT molecular complexity index is 530. The van der Waals surface area contributed by atoms with Crippen LogP contribution in [-0.2, 0) is 0 Å². The van der Waals surface area contributed by atoms with Crippen molar-refractivity contribution in [3.8, 4) is 0 Å². The fraction of sp³-hybridized carbons (Fsp3) is 0.545. The normalized spacial score (nSPS) is 28.3. The van der Waals surface area contributed by atoms with Crippen molar-refractivity contribution in [1.82, 2.24) is 19.8 Å².